The molecule has 0 saturated carbocycles. The van der Waals surface area contributed by atoms with Crippen LogP contribution in [0.5, 0.6) is 0 Å². The SMILES string of the molecule is CCCC(CCC)CCBr.[P]. The van der Waals surface area contributed by atoms with Crippen LogP contribution in [0.4, 0.5) is 0 Å². The minimum absolute atomic E-state index is 0. The highest BCUT2D eigenvalue weighted by Gasteiger charge is 2.04. The van der Waals surface area contributed by atoms with E-state index in [9.17, 15) is 0 Å². The Morgan fingerprint density at radius 1 is 1.00 bits per heavy atom. The molecule has 2 heteroatoms. The molecule has 0 atom stereocenters. The summed E-state index contributed by atoms with van der Waals surface area (Å²) in [4.78, 5) is 0. The molecule has 0 aromatic heterocycles. The van der Waals surface area contributed by atoms with E-state index in [1.54, 1.807) is 0 Å². The summed E-state index contributed by atoms with van der Waals surface area (Å²) in [7, 11) is 0. The van der Waals surface area contributed by atoms with Gasteiger partial charge < -0.3 is 0 Å². The average Bonchev–Trinajstić information content (AvgIpc) is 1.90. The maximum atomic E-state index is 3.49. The van der Waals surface area contributed by atoms with Crippen LogP contribution in [0.3, 0.4) is 0 Å². The van der Waals surface area contributed by atoms with E-state index < -0.39 is 0 Å². The minimum atomic E-state index is 0. The van der Waals surface area contributed by atoms with Crippen molar-refractivity contribution in [2.24, 2.45) is 5.92 Å². The van der Waals surface area contributed by atoms with Crippen LogP contribution < -0.4 is 0 Å². The first kappa shape index (κ1) is 14.4. The second kappa shape index (κ2) is 10.9. The Labute approximate surface area is 83.3 Å². The summed E-state index contributed by atoms with van der Waals surface area (Å²) in [5.74, 6) is 0.981. The van der Waals surface area contributed by atoms with E-state index in [2.05, 4.69) is 29.8 Å². The quantitative estimate of drug-likeness (QED) is 0.458. The van der Waals surface area contributed by atoms with Gasteiger partial charge in [0.1, 0.15) is 0 Å². The normalized spacial score (nSPS) is 9.82. The van der Waals surface area contributed by atoms with Gasteiger partial charge in [0.2, 0.25) is 0 Å². The first-order valence-corrected chi connectivity index (χ1v) is 5.53. The molecule has 67 valence electrons. The van der Waals surface area contributed by atoms with E-state index in [1.807, 2.05) is 0 Å². The van der Waals surface area contributed by atoms with Crippen molar-refractivity contribution in [3.8, 4) is 0 Å². The topological polar surface area (TPSA) is 0 Å². The van der Waals surface area contributed by atoms with Crippen molar-refractivity contribution in [3.05, 3.63) is 0 Å². The van der Waals surface area contributed by atoms with Crippen molar-refractivity contribution in [1.29, 1.82) is 0 Å². The van der Waals surface area contributed by atoms with Crippen LogP contribution in [0.25, 0.3) is 0 Å². The fourth-order valence-electron chi connectivity index (χ4n) is 1.40. The fourth-order valence-corrected chi connectivity index (χ4v) is 2.05. The molecule has 0 aliphatic heterocycles. The first-order chi connectivity index (χ1) is 4.85. The second-order valence-corrected chi connectivity index (χ2v) is 3.71. The van der Waals surface area contributed by atoms with Crippen molar-refractivity contribution in [1.82, 2.24) is 0 Å². The zero-order valence-corrected chi connectivity index (χ0v) is 10.1. The Hall–Kier alpha value is 0.910. The van der Waals surface area contributed by atoms with E-state index in [4.69, 9.17) is 0 Å². The van der Waals surface area contributed by atoms with Crippen molar-refractivity contribution in [2.45, 2.75) is 46.0 Å². The Balaban J connectivity index is 0. The highest BCUT2D eigenvalue weighted by molar-refractivity contribution is 9.09. The number of halogens is 1. The lowest BCUT2D eigenvalue weighted by atomic mass is 9.96. The number of rotatable bonds is 6. The Bertz CT molecular complexity index is 52.3. The lowest BCUT2D eigenvalue weighted by Gasteiger charge is -2.12. The van der Waals surface area contributed by atoms with E-state index in [0.29, 0.717) is 0 Å². The van der Waals surface area contributed by atoms with E-state index >= 15 is 0 Å². The Kier molecular flexibility index (Phi) is 14.3. The van der Waals surface area contributed by atoms with Gasteiger partial charge in [-0.05, 0) is 12.3 Å². The molecule has 0 spiro atoms. The van der Waals surface area contributed by atoms with E-state index in [-0.39, 0.29) is 9.90 Å². The molecule has 11 heavy (non-hydrogen) atoms. The standard InChI is InChI=1S/C9H19Br.P/c1-3-5-9(6-4-2)7-8-10;/h9H,3-8H2,1-2H3;. The molecule has 0 heterocycles. The number of hydrogen-bond donors (Lipinski definition) is 0. The van der Waals surface area contributed by atoms with Crippen molar-refractivity contribution in [2.75, 3.05) is 5.33 Å². The maximum absolute atomic E-state index is 3.49. The van der Waals surface area contributed by atoms with Gasteiger partial charge in [-0.3, -0.25) is 0 Å². The average molecular weight is 238 g/mol. The summed E-state index contributed by atoms with van der Waals surface area (Å²) in [6.07, 6.45) is 6.88. The lowest BCUT2D eigenvalue weighted by molar-refractivity contribution is 0.431. The molecule has 0 saturated heterocycles. The first-order valence-electron chi connectivity index (χ1n) is 4.41. The smallest absolute Gasteiger partial charge is 0.00339 e. The van der Waals surface area contributed by atoms with Crippen molar-refractivity contribution < 1.29 is 0 Å². The third-order valence-corrected chi connectivity index (χ3v) is 2.37. The van der Waals surface area contributed by atoms with Gasteiger partial charge in [0.05, 0.1) is 0 Å². The van der Waals surface area contributed by atoms with Gasteiger partial charge in [-0.25, -0.2) is 0 Å². The summed E-state index contributed by atoms with van der Waals surface area (Å²) < 4.78 is 0. The largest absolute Gasteiger partial charge is 0.0928 e. The van der Waals surface area contributed by atoms with Crippen LogP contribution in [0.15, 0.2) is 0 Å². The second-order valence-electron chi connectivity index (χ2n) is 2.92. The third-order valence-electron chi connectivity index (χ3n) is 1.91. The summed E-state index contributed by atoms with van der Waals surface area (Å²) >= 11 is 3.49. The van der Waals surface area contributed by atoms with Gasteiger partial charge in [-0.15, -0.1) is 0 Å². The van der Waals surface area contributed by atoms with Crippen molar-refractivity contribution in [3.63, 3.8) is 0 Å². The molecular weight excluding hydrogens is 219 g/mol. The van der Waals surface area contributed by atoms with Gasteiger partial charge in [-0.2, -0.15) is 0 Å². The lowest BCUT2D eigenvalue weighted by Crippen LogP contribution is -1.99. The molecule has 0 nitrogen and oxygen atoms in total. The molecule has 0 N–H and O–H groups in total. The predicted molar refractivity (Wildman–Crippen MR) is 58.6 cm³/mol. The summed E-state index contributed by atoms with van der Waals surface area (Å²) in [6, 6.07) is 0. The number of hydrogen-bond acceptors (Lipinski definition) is 0. The molecule has 0 amide bonds. The monoisotopic (exact) mass is 237 g/mol. The van der Waals surface area contributed by atoms with Crippen LogP contribution in [-0.4, -0.2) is 5.33 Å². The molecule has 0 fully saturated rings. The van der Waals surface area contributed by atoms with Gasteiger partial charge in [-0.1, -0.05) is 55.5 Å². The molecule has 0 rings (SSSR count). The number of alkyl halides is 1. The molecule has 0 bridgehead atoms. The highest BCUT2D eigenvalue weighted by atomic mass is 79.9. The minimum Gasteiger partial charge on any atom is -0.0928 e. The summed E-state index contributed by atoms with van der Waals surface area (Å²) in [6.45, 7) is 4.55. The van der Waals surface area contributed by atoms with Crippen LogP contribution in [0.1, 0.15) is 46.0 Å². The van der Waals surface area contributed by atoms with E-state index in [0.717, 1.165) is 5.92 Å². The van der Waals surface area contributed by atoms with Gasteiger partial charge in [0, 0.05) is 15.2 Å². The summed E-state index contributed by atoms with van der Waals surface area (Å²) in [5.41, 5.74) is 0. The van der Waals surface area contributed by atoms with E-state index in [1.165, 1.54) is 37.4 Å². The van der Waals surface area contributed by atoms with Crippen LogP contribution >= 0.6 is 25.8 Å². The molecule has 0 aliphatic rings. The van der Waals surface area contributed by atoms with Gasteiger partial charge in [0.25, 0.3) is 0 Å². The molecule has 3 radical (unpaired) electrons. The molecule has 0 aromatic rings. The third kappa shape index (κ3) is 8.82. The molecular formula is C9H19BrP. The summed E-state index contributed by atoms with van der Waals surface area (Å²) in [5, 5.41) is 1.18. The van der Waals surface area contributed by atoms with Crippen LogP contribution in [-0.2, 0) is 0 Å². The van der Waals surface area contributed by atoms with Gasteiger partial charge in [0.15, 0.2) is 0 Å². The predicted octanol–water partition coefficient (Wildman–Crippen LogP) is 4.85. The zero-order valence-electron chi connectivity index (χ0n) is 7.65. The molecule has 0 aromatic carbocycles. The van der Waals surface area contributed by atoms with Crippen LogP contribution in [0, 0.1) is 5.92 Å². The Morgan fingerprint density at radius 2 is 1.45 bits per heavy atom. The molecule has 0 aliphatic carbocycles. The molecule has 0 unspecified atom stereocenters. The fraction of sp³-hybridized carbons (Fsp3) is 1.00. The van der Waals surface area contributed by atoms with Gasteiger partial charge >= 0.3 is 0 Å². The van der Waals surface area contributed by atoms with Crippen LogP contribution in [0.2, 0.25) is 0 Å². The maximum Gasteiger partial charge on any atom is 0.00339 e. The Morgan fingerprint density at radius 3 is 1.73 bits per heavy atom. The zero-order chi connectivity index (χ0) is 7.82. The van der Waals surface area contributed by atoms with Crippen molar-refractivity contribution >= 4 is 25.8 Å². The highest BCUT2D eigenvalue weighted by Crippen LogP contribution is 2.17.